The van der Waals surface area contributed by atoms with Gasteiger partial charge in [-0.15, -0.1) is 0 Å². The maximum Gasteiger partial charge on any atom is 0.490 e. The van der Waals surface area contributed by atoms with Gasteiger partial charge in [0.15, 0.2) is 5.17 Å². The first-order valence-electron chi connectivity index (χ1n) is 12.5. The number of amides is 2. The van der Waals surface area contributed by atoms with Crippen LogP contribution >= 0.6 is 23.4 Å². The van der Waals surface area contributed by atoms with E-state index in [0.717, 1.165) is 17.3 Å². The predicted octanol–water partition coefficient (Wildman–Crippen LogP) is 6.27. The number of aliphatic imine (C=N–C) groups is 1. The molecule has 1 aromatic heterocycles. The highest BCUT2D eigenvalue weighted by Crippen LogP contribution is 2.33. The molecule has 43 heavy (non-hydrogen) atoms. The zero-order valence-corrected chi connectivity index (χ0v) is 24.3. The maximum atomic E-state index is 12.6. The summed E-state index contributed by atoms with van der Waals surface area (Å²) in [4.78, 5) is 54.4. The molecule has 2 heterocycles. The molecule has 2 aromatic carbocycles. The molecule has 2 amide bonds. The van der Waals surface area contributed by atoms with Crippen molar-refractivity contribution in [1.29, 1.82) is 0 Å². The average molecular weight is 637 g/mol. The van der Waals surface area contributed by atoms with Crippen LogP contribution in [0.25, 0.3) is 17.0 Å². The van der Waals surface area contributed by atoms with Crippen LogP contribution in [-0.2, 0) is 20.8 Å². The number of hydrogen-bond acceptors (Lipinski definition) is 7. The molecule has 0 unspecified atom stereocenters. The van der Waals surface area contributed by atoms with Crippen molar-refractivity contribution in [2.24, 2.45) is 10.9 Å². The second-order valence-corrected chi connectivity index (χ2v) is 10.6. The lowest BCUT2D eigenvalue weighted by atomic mass is 10.1. The molecule has 1 saturated heterocycles. The standard InChI is InChI=1S/C26H23ClN4O4S.C2HF3O2/c1-4-19-17(25(34)35)11-15-9-14(5-8-20(15)29-19)10-22-24(33)31-26(36-22)30-21-12-16(6-7-18(21)27)28-23(32)13(2)3;3-2(4,5)1(6)7/h5-13H,4H2,1-3H3,(H,28,32)(H,34,35)(H,30,31,33);(H,6,7). The van der Waals surface area contributed by atoms with Crippen molar-refractivity contribution in [3.63, 3.8) is 0 Å². The summed E-state index contributed by atoms with van der Waals surface area (Å²) < 4.78 is 31.7. The van der Waals surface area contributed by atoms with E-state index in [0.29, 0.717) is 49.5 Å². The SMILES string of the molecule is CCc1nc2ccc(C=C3SC(=Nc4cc(NC(=O)C(C)C)ccc4Cl)NC3=O)cc2cc1C(=O)O.O=C(O)C(F)(F)F. The first kappa shape index (κ1) is 33.1. The highest BCUT2D eigenvalue weighted by molar-refractivity contribution is 8.18. The smallest absolute Gasteiger partial charge is 0.478 e. The summed E-state index contributed by atoms with van der Waals surface area (Å²) >= 11 is 7.44. The topological polar surface area (TPSA) is 158 Å². The largest absolute Gasteiger partial charge is 0.490 e. The monoisotopic (exact) mass is 636 g/mol. The van der Waals surface area contributed by atoms with E-state index in [1.165, 1.54) is 0 Å². The summed E-state index contributed by atoms with van der Waals surface area (Å²) in [6, 6.07) is 12.0. The number of hydrogen-bond donors (Lipinski definition) is 4. The number of fused-ring (bicyclic) bond motifs is 1. The number of aliphatic carboxylic acids is 1. The number of rotatable bonds is 6. The molecule has 0 atom stereocenters. The summed E-state index contributed by atoms with van der Waals surface area (Å²) in [6.07, 6.45) is -2.86. The van der Waals surface area contributed by atoms with Gasteiger partial charge in [0.1, 0.15) is 0 Å². The Hall–Kier alpha value is -4.43. The quantitative estimate of drug-likeness (QED) is 0.231. The molecule has 15 heteroatoms. The summed E-state index contributed by atoms with van der Waals surface area (Å²) in [5, 5.41) is 23.5. The number of nitrogens with one attached hydrogen (secondary N) is 2. The van der Waals surface area contributed by atoms with Gasteiger partial charge in [-0.2, -0.15) is 13.2 Å². The number of nitrogens with zero attached hydrogens (tertiary/aromatic N) is 2. The van der Waals surface area contributed by atoms with Crippen molar-refractivity contribution in [2.75, 3.05) is 5.32 Å². The second kappa shape index (κ2) is 13.7. The van der Waals surface area contributed by atoms with Crippen LogP contribution < -0.4 is 10.6 Å². The predicted molar refractivity (Wildman–Crippen MR) is 157 cm³/mol. The molecule has 3 aromatic rings. The minimum absolute atomic E-state index is 0.128. The Morgan fingerprint density at radius 1 is 1.14 bits per heavy atom. The lowest BCUT2D eigenvalue weighted by Gasteiger charge is -2.09. The Balaban J connectivity index is 0.000000646. The minimum Gasteiger partial charge on any atom is -0.478 e. The van der Waals surface area contributed by atoms with Crippen molar-refractivity contribution in [3.8, 4) is 0 Å². The molecule has 1 aliphatic rings. The Kier molecular flexibility index (Phi) is 10.5. The number of benzene rings is 2. The van der Waals surface area contributed by atoms with Crippen molar-refractivity contribution in [3.05, 3.63) is 69.2 Å². The van der Waals surface area contributed by atoms with Gasteiger partial charge in [-0.05, 0) is 66.2 Å². The summed E-state index contributed by atoms with van der Waals surface area (Å²) in [5.74, 6) is -4.40. The number of carbonyl (C=O) groups is 4. The molecule has 1 fully saturated rings. The molecule has 4 rings (SSSR count). The lowest BCUT2D eigenvalue weighted by molar-refractivity contribution is -0.192. The van der Waals surface area contributed by atoms with Crippen molar-refractivity contribution >= 4 is 80.6 Å². The van der Waals surface area contributed by atoms with Gasteiger partial charge in [0.05, 0.1) is 32.4 Å². The Labute approximate surface area is 252 Å². The Morgan fingerprint density at radius 2 is 1.81 bits per heavy atom. The van der Waals surface area contributed by atoms with Crippen molar-refractivity contribution in [2.45, 2.75) is 33.4 Å². The van der Waals surface area contributed by atoms with Gasteiger partial charge in [-0.1, -0.05) is 38.4 Å². The molecule has 0 aliphatic carbocycles. The second-order valence-electron chi connectivity index (χ2n) is 9.19. The van der Waals surface area contributed by atoms with Crippen LogP contribution in [0.4, 0.5) is 24.5 Å². The zero-order valence-electron chi connectivity index (χ0n) is 22.7. The molecule has 10 nitrogen and oxygen atoms in total. The number of aromatic nitrogens is 1. The van der Waals surface area contributed by atoms with Crippen LogP contribution in [0.2, 0.25) is 5.02 Å². The van der Waals surface area contributed by atoms with Crippen molar-refractivity contribution < 1.29 is 42.6 Å². The first-order valence-corrected chi connectivity index (χ1v) is 13.7. The van der Waals surface area contributed by atoms with E-state index in [1.807, 2.05) is 13.0 Å². The Morgan fingerprint density at radius 3 is 2.40 bits per heavy atom. The molecule has 0 bridgehead atoms. The van der Waals surface area contributed by atoms with E-state index in [9.17, 15) is 32.7 Å². The number of carbonyl (C=O) groups excluding carboxylic acids is 2. The zero-order chi connectivity index (χ0) is 32.1. The van der Waals surface area contributed by atoms with Gasteiger partial charge in [0, 0.05) is 17.0 Å². The van der Waals surface area contributed by atoms with E-state index in [2.05, 4.69) is 20.6 Å². The molecule has 0 spiro atoms. The van der Waals surface area contributed by atoms with Crippen LogP contribution in [0.15, 0.2) is 52.4 Å². The van der Waals surface area contributed by atoms with Gasteiger partial charge < -0.3 is 20.8 Å². The van der Waals surface area contributed by atoms with E-state index in [1.54, 1.807) is 56.3 Å². The number of thioether (sulfide) groups is 1. The molecule has 0 radical (unpaired) electrons. The average Bonchev–Trinajstić information content (AvgIpc) is 3.27. The first-order chi connectivity index (χ1) is 20.1. The molecule has 0 saturated carbocycles. The fraction of sp³-hybridized carbons (Fsp3) is 0.214. The van der Waals surface area contributed by atoms with Crippen LogP contribution in [0.1, 0.15) is 42.4 Å². The van der Waals surface area contributed by atoms with E-state index in [4.69, 9.17) is 21.5 Å². The fourth-order valence-electron chi connectivity index (χ4n) is 3.48. The number of halogens is 4. The third-order valence-corrected chi connectivity index (χ3v) is 6.86. The number of amidine groups is 1. The maximum absolute atomic E-state index is 12.6. The number of pyridine rings is 1. The highest BCUT2D eigenvalue weighted by atomic mass is 35.5. The van der Waals surface area contributed by atoms with Gasteiger partial charge in [-0.25, -0.2) is 14.6 Å². The van der Waals surface area contributed by atoms with E-state index < -0.39 is 18.1 Å². The molecule has 226 valence electrons. The number of alkyl halides is 3. The number of aryl methyl sites for hydroxylation is 1. The van der Waals surface area contributed by atoms with Gasteiger partial charge in [0.2, 0.25) is 5.91 Å². The third-order valence-electron chi connectivity index (χ3n) is 5.63. The van der Waals surface area contributed by atoms with Gasteiger partial charge >= 0.3 is 18.1 Å². The number of carboxylic acids is 2. The summed E-state index contributed by atoms with van der Waals surface area (Å²) in [6.45, 7) is 5.45. The summed E-state index contributed by atoms with van der Waals surface area (Å²) in [7, 11) is 0. The van der Waals surface area contributed by atoms with Gasteiger partial charge in [-0.3, -0.25) is 14.6 Å². The summed E-state index contributed by atoms with van der Waals surface area (Å²) in [5.41, 5.74) is 3.07. The molecule has 1 aliphatic heterocycles. The molecule has 4 N–H and O–H groups in total. The van der Waals surface area contributed by atoms with Gasteiger partial charge in [0.25, 0.3) is 5.91 Å². The Bertz CT molecular complexity index is 1670. The molecular weight excluding hydrogens is 613 g/mol. The van der Waals surface area contributed by atoms with Crippen LogP contribution in [-0.4, -0.2) is 50.3 Å². The van der Waals surface area contributed by atoms with Crippen LogP contribution in [0.5, 0.6) is 0 Å². The van der Waals surface area contributed by atoms with Crippen LogP contribution in [0.3, 0.4) is 0 Å². The third kappa shape index (κ3) is 8.78. The lowest BCUT2D eigenvalue weighted by Crippen LogP contribution is -2.21. The molecular formula is C28H24ClF3N4O6S. The fourth-order valence-corrected chi connectivity index (χ4v) is 4.48. The van der Waals surface area contributed by atoms with E-state index >= 15 is 0 Å². The number of carboxylic acid groups (broad SMARTS) is 2. The number of aromatic carboxylic acids is 1. The highest BCUT2D eigenvalue weighted by Gasteiger charge is 2.38. The normalized spacial score (nSPS) is 14.9. The van der Waals surface area contributed by atoms with E-state index in [-0.39, 0.29) is 23.3 Å². The minimum atomic E-state index is -5.08. The number of anilines is 1. The van der Waals surface area contributed by atoms with Crippen molar-refractivity contribution in [1.82, 2.24) is 10.3 Å². The van der Waals surface area contributed by atoms with Crippen LogP contribution in [0, 0.1) is 5.92 Å².